The average Bonchev–Trinajstić information content (AvgIpc) is 3.22. The van der Waals surface area contributed by atoms with E-state index in [9.17, 15) is 31.2 Å². The third-order valence-electron chi connectivity index (χ3n) is 7.07. The van der Waals surface area contributed by atoms with Crippen LogP contribution in [0, 0.1) is 0 Å². The van der Waals surface area contributed by atoms with E-state index in [1.807, 2.05) is 12.1 Å². The second kappa shape index (κ2) is 11.0. The molecule has 2 aromatic carbocycles. The predicted octanol–water partition coefficient (Wildman–Crippen LogP) is 4.51. The molecule has 1 saturated heterocycles. The third kappa shape index (κ3) is 7.06. The van der Waals surface area contributed by atoms with Crippen molar-refractivity contribution in [1.29, 1.82) is 0 Å². The summed E-state index contributed by atoms with van der Waals surface area (Å²) < 4.78 is 66.8. The van der Waals surface area contributed by atoms with E-state index in [4.69, 9.17) is 0 Å². The lowest BCUT2D eigenvalue weighted by atomic mass is 9.86. The Kier molecular flexibility index (Phi) is 8.26. The van der Waals surface area contributed by atoms with Crippen LogP contribution in [-0.2, 0) is 38.8 Å². The molecule has 1 fully saturated rings. The quantitative estimate of drug-likeness (QED) is 0.515. The van der Waals surface area contributed by atoms with E-state index >= 15 is 0 Å². The highest BCUT2D eigenvalue weighted by Gasteiger charge is 2.41. The van der Waals surface area contributed by atoms with Crippen molar-refractivity contribution in [2.24, 2.45) is 0 Å². The molecule has 2 unspecified atom stereocenters. The fourth-order valence-corrected chi connectivity index (χ4v) is 6.77. The Morgan fingerprint density at radius 1 is 1.10 bits per heavy atom. The van der Waals surface area contributed by atoms with Gasteiger partial charge in [-0.15, -0.1) is 0 Å². The molecule has 7 nitrogen and oxygen atoms in total. The van der Waals surface area contributed by atoms with E-state index in [1.54, 1.807) is 0 Å². The first-order valence-corrected chi connectivity index (χ1v) is 14.4. The van der Waals surface area contributed by atoms with E-state index in [0.29, 0.717) is 6.07 Å². The van der Waals surface area contributed by atoms with E-state index in [0.717, 1.165) is 65.0 Å². The van der Waals surface area contributed by atoms with Crippen LogP contribution in [0.25, 0.3) is 0 Å². The second-order valence-electron chi connectivity index (χ2n) is 11.3. The van der Waals surface area contributed by atoms with E-state index in [-0.39, 0.29) is 30.2 Å². The Labute approximate surface area is 227 Å². The van der Waals surface area contributed by atoms with Crippen molar-refractivity contribution in [3.05, 3.63) is 64.7 Å². The lowest BCUT2D eigenvalue weighted by Gasteiger charge is -2.29. The highest BCUT2D eigenvalue weighted by Crippen LogP contribution is 2.34. The molecule has 1 amide bonds. The zero-order chi connectivity index (χ0) is 28.6. The summed E-state index contributed by atoms with van der Waals surface area (Å²) in [6.45, 7) is 6.54. The number of carbonyl (C=O) groups is 2. The molecule has 0 saturated carbocycles. The van der Waals surface area contributed by atoms with E-state index < -0.39 is 45.2 Å². The Morgan fingerprint density at radius 3 is 2.54 bits per heavy atom. The van der Waals surface area contributed by atoms with Crippen molar-refractivity contribution in [2.75, 3.05) is 6.54 Å². The lowest BCUT2D eigenvalue weighted by Crippen LogP contribution is -2.40. The maximum absolute atomic E-state index is 13.2. The van der Waals surface area contributed by atoms with Crippen molar-refractivity contribution in [1.82, 2.24) is 14.9 Å². The highest BCUT2D eigenvalue weighted by molar-refractivity contribution is 7.89. The fourth-order valence-electron chi connectivity index (χ4n) is 5.12. The van der Waals surface area contributed by atoms with Crippen molar-refractivity contribution < 1.29 is 31.2 Å². The minimum absolute atomic E-state index is 0.0173. The summed E-state index contributed by atoms with van der Waals surface area (Å²) in [5, 5.41) is 6.46. The molecule has 2 aromatic rings. The van der Waals surface area contributed by atoms with Crippen molar-refractivity contribution in [2.45, 2.75) is 88.1 Å². The molecule has 1 aliphatic carbocycles. The molecular formula is C28H34F3N3O4S. The average molecular weight is 566 g/mol. The first kappa shape index (κ1) is 29.2. The second-order valence-corrected chi connectivity index (χ2v) is 13.2. The number of ketones is 1. The monoisotopic (exact) mass is 565 g/mol. The standard InChI is InChI=1S/C28H34F3N3O4S/c1-27(2,3)32-16-18-10-11-24-19(12-18)6-4-9-25(24)33-26(36)15-21-14-22(35)17-34(21)39(37,38)23-8-5-7-20(13-23)28(29,30)31/h5,7-8,10-13,21,25,32H,4,6,9,14-17H2,1-3H3,(H,33,36). The van der Waals surface area contributed by atoms with Gasteiger partial charge >= 0.3 is 6.18 Å². The number of nitrogens with zero attached hydrogens (tertiary/aromatic N) is 1. The molecule has 0 aromatic heterocycles. The van der Waals surface area contributed by atoms with Gasteiger partial charge in [0.25, 0.3) is 0 Å². The van der Waals surface area contributed by atoms with Gasteiger partial charge < -0.3 is 10.6 Å². The predicted molar refractivity (Wildman–Crippen MR) is 140 cm³/mol. The number of Topliss-reactive ketones (excluding diaryl/α,β-unsaturated/α-hetero) is 1. The number of sulfonamides is 1. The van der Waals surface area contributed by atoms with E-state index in [2.05, 4.69) is 37.5 Å². The maximum atomic E-state index is 13.2. The van der Waals surface area contributed by atoms with Crippen LogP contribution in [0.1, 0.15) is 74.8 Å². The van der Waals surface area contributed by atoms with Gasteiger partial charge in [-0.3, -0.25) is 9.59 Å². The first-order chi connectivity index (χ1) is 18.1. The third-order valence-corrected chi connectivity index (χ3v) is 8.97. The van der Waals surface area contributed by atoms with Crippen molar-refractivity contribution in [3.63, 3.8) is 0 Å². The molecule has 2 N–H and O–H groups in total. The summed E-state index contributed by atoms with van der Waals surface area (Å²) in [6, 6.07) is 8.40. The topological polar surface area (TPSA) is 95.6 Å². The molecule has 11 heteroatoms. The SMILES string of the molecule is CC(C)(C)NCc1ccc2c(c1)CCCC2NC(=O)CC1CC(=O)CN1S(=O)(=O)c1cccc(C(F)(F)F)c1. The van der Waals surface area contributed by atoms with Gasteiger partial charge in [0.15, 0.2) is 0 Å². The van der Waals surface area contributed by atoms with E-state index in [1.165, 1.54) is 0 Å². The van der Waals surface area contributed by atoms with Gasteiger partial charge in [-0.1, -0.05) is 24.3 Å². The molecule has 0 spiro atoms. The maximum Gasteiger partial charge on any atom is 0.416 e. The molecule has 1 aliphatic heterocycles. The number of hydrogen-bond acceptors (Lipinski definition) is 5. The molecule has 2 aliphatic rings. The molecule has 1 heterocycles. The van der Waals surface area contributed by atoms with Crippen molar-refractivity contribution in [3.8, 4) is 0 Å². The normalized spacial score (nSPS) is 20.6. The van der Waals surface area contributed by atoms with Gasteiger partial charge in [-0.25, -0.2) is 8.42 Å². The zero-order valence-corrected chi connectivity index (χ0v) is 23.1. The molecule has 0 radical (unpaired) electrons. The summed E-state index contributed by atoms with van der Waals surface area (Å²) in [5.41, 5.74) is 2.21. The summed E-state index contributed by atoms with van der Waals surface area (Å²) in [6.07, 6.45) is -2.64. The number of alkyl halides is 3. The van der Waals surface area contributed by atoms with Crippen LogP contribution >= 0.6 is 0 Å². The first-order valence-electron chi connectivity index (χ1n) is 13.0. The van der Waals surface area contributed by atoms with Gasteiger partial charge in [-0.05, 0) is 74.9 Å². The molecule has 212 valence electrons. The number of hydrogen-bond donors (Lipinski definition) is 2. The van der Waals surface area contributed by atoms with Gasteiger partial charge in [-0.2, -0.15) is 17.5 Å². The number of carbonyl (C=O) groups excluding carboxylic acids is 2. The Hall–Kier alpha value is -2.76. The van der Waals surface area contributed by atoms with Crippen LogP contribution in [0.4, 0.5) is 13.2 Å². The number of halogens is 3. The van der Waals surface area contributed by atoms with Crippen molar-refractivity contribution >= 4 is 21.7 Å². The van der Waals surface area contributed by atoms with Crippen LogP contribution in [-0.4, -0.2) is 42.5 Å². The Morgan fingerprint density at radius 2 is 1.85 bits per heavy atom. The van der Waals surface area contributed by atoms with Crippen LogP contribution in [0.5, 0.6) is 0 Å². The molecule has 39 heavy (non-hydrogen) atoms. The van der Waals surface area contributed by atoms with Crippen LogP contribution in [0.2, 0.25) is 0 Å². The number of benzene rings is 2. The number of amides is 1. The Balaban J connectivity index is 1.46. The number of rotatable bonds is 7. The van der Waals surface area contributed by atoms with Gasteiger partial charge in [0.05, 0.1) is 23.0 Å². The smallest absolute Gasteiger partial charge is 0.349 e. The fraction of sp³-hybridized carbons (Fsp3) is 0.500. The summed E-state index contributed by atoms with van der Waals surface area (Å²) in [5.74, 6) is -0.793. The molecule has 4 rings (SSSR count). The number of nitrogens with one attached hydrogen (secondary N) is 2. The number of fused-ring (bicyclic) bond motifs is 1. The van der Waals surface area contributed by atoms with Gasteiger partial charge in [0.2, 0.25) is 15.9 Å². The van der Waals surface area contributed by atoms with Crippen LogP contribution in [0.15, 0.2) is 47.4 Å². The summed E-state index contributed by atoms with van der Waals surface area (Å²) >= 11 is 0. The largest absolute Gasteiger partial charge is 0.416 e. The lowest BCUT2D eigenvalue weighted by molar-refractivity contribution is -0.137. The molecular weight excluding hydrogens is 531 g/mol. The van der Waals surface area contributed by atoms with Gasteiger partial charge in [0, 0.05) is 31.0 Å². The molecule has 2 atom stereocenters. The summed E-state index contributed by atoms with van der Waals surface area (Å²) in [7, 11) is -4.43. The van der Waals surface area contributed by atoms with Crippen LogP contribution in [0.3, 0.4) is 0 Å². The zero-order valence-electron chi connectivity index (χ0n) is 22.3. The Bertz CT molecular complexity index is 1350. The number of aryl methyl sites for hydroxylation is 1. The van der Waals surface area contributed by atoms with Crippen LogP contribution < -0.4 is 10.6 Å². The van der Waals surface area contributed by atoms with Gasteiger partial charge in [0.1, 0.15) is 5.78 Å². The minimum atomic E-state index is -4.72. The molecule has 0 bridgehead atoms. The minimum Gasteiger partial charge on any atom is -0.349 e. The summed E-state index contributed by atoms with van der Waals surface area (Å²) in [4.78, 5) is 24.7. The highest BCUT2D eigenvalue weighted by atomic mass is 32.2.